The van der Waals surface area contributed by atoms with Gasteiger partial charge in [-0.2, -0.15) is 0 Å². The molecule has 4 aromatic rings. The third kappa shape index (κ3) is 5.11. The number of nitrogens with zero attached hydrogens (tertiary/aromatic N) is 5. The standard InChI is InChI=1S/C29H32F2N6O/c1-4-10-36(5-2)21-17-25(29(33-18-21)37-11-13-38-14-12-37)34-26-19(3)27(24-8-6-7-9-32-24)35-28-22(26)15-20(30)16-23(28)31/h6-9,15-18H,4-5,10-14H2,1-3H3,(H,34,35). The quantitative estimate of drug-likeness (QED) is 0.303. The van der Waals surface area contributed by atoms with E-state index >= 15 is 4.39 Å². The van der Waals surface area contributed by atoms with Crippen molar-refractivity contribution in [3.8, 4) is 11.4 Å². The zero-order valence-corrected chi connectivity index (χ0v) is 22.0. The predicted octanol–water partition coefficient (Wildman–Crippen LogP) is 6.09. The average Bonchev–Trinajstić information content (AvgIpc) is 2.94. The van der Waals surface area contributed by atoms with Crippen LogP contribution in [0.2, 0.25) is 0 Å². The number of fused-ring (bicyclic) bond motifs is 1. The van der Waals surface area contributed by atoms with Crippen molar-refractivity contribution in [2.75, 3.05) is 54.5 Å². The first-order chi connectivity index (χ1) is 18.5. The highest BCUT2D eigenvalue weighted by atomic mass is 19.1. The lowest BCUT2D eigenvalue weighted by molar-refractivity contribution is 0.122. The molecule has 38 heavy (non-hydrogen) atoms. The predicted molar refractivity (Wildman–Crippen MR) is 148 cm³/mol. The molecule has 0 unspecified atom stereocenters. The number of pyridine rings is 3. The van der Waals surface area contributed by atoms with Crippen LogP contribution in [0.4, 0.5) is 31.7 Å². The van der Waals surface area contributed by atoms with Crippen LogP contribution in [0.15, 0.2) is 48.8 Å². The average molecular weight is 519 g/mol. The van der Waals surface area contributed by atoms with Crippen molar-refractivity contribution >= 4 is 33.8 Å². The first-order valence-corrected chi connectivity index (χ1v) is 13.1. The number of hydrogen-bond donors (Lipinski definition) is 1. The van der Waals surface area contributed by atoms with Gasteiger partial charge in [-0.1, -0.05) is 13.0 Å². The summed E-state index contributed by atoms with van der Waals surface area (Å²) in [7, 11) is 0. The summed E-state index contributed by atoms with van der Waals surface area (Å²) < 4.78 is 35.1. The SMILES string of the molecule is CCCN(CC)c1cnc(N2CCOCC2)c(Nc2c(C)c(-c3ccccn3)nc3c(F)cc(F)cc23)c1. The van der Waals surface area contributed by atoms with Crippen LogP contribution in [-0.4, -0.2) is 54.3 Å². The fraction of sp³-hybridized carbons (Fsp3) is 0.345. The van der Waals surface area contributed by atoms with Gasteiger partial charge in [0.1, 0.15) is 11.3 Å². The molecule has 0 radical (unpaired) electrons. The van der Waals surface area contributed by atoms with Crippen LogP contribution in [0.1, 0.15) is 25.8 Å². The number of anilines is 4. The lowest BCUT2D eigenvalue weighted by Gasteiger charge is -2.31. The highest BCUT2D eigenvalue weighted by molar-refractivity contribution is 5.99. The second-order valence-corrected chi connectivity index (χ2v) is 9.33. The first-order valence-electron chi connectivity index (χ1n) is 13.1. The zero-order chi connectivity index (χ0) is 26.6. The highest BCUT2D eigenvalue weighted by Crippen LogP contribution is 2.39. The molecule has 9 heteroatoms. The van der Waals surface area contributed by atoms with E-state index in [9.17, 15) is 4.39 Å². The van der Waals surface area contributed by atoms with Crippen LogP contribution < -0.4 is 15.1 Å². The van der Waals surface area contributed by atoms with Crippen molar-refractivity contribution in [3.63, 3.8) is 0 Å². The van der Waals surface area contributed by atoms with Gasteiger partial charge in [0.05, 0.1) is 47.9 Å². The van der Waals surface area contributed by atoms with Gasteiger partial charge in [-0.3, -0.25) is 4.98 Å². The number of aromatic nitrogens is 3. The van der Waals surface area contributed by atoms with Crippen LogP contribution in [0.25, 0.3) is 22.3 Å². The maximum atomic E-state index is 15.1. The Hall–Kier alpha value is -3.85. The Kier molecular flexibility index (Phi) is 7.64. The molecular weight excluding hydrogens is 486 g/mol. The van der Waals surface area contributed by atoms with E-state index in [-0.39, 0.29) is 5.52 Å². The van der Waals surface area contributed by atoms with Gasteiger partial charge < -0.3 is 19.9 Å². The molecule has 0 amide bonds. The lowest BCUT2D eigenvalue weighted by atomic mass is 10.0. The van der Waals surface area contributed by atoms with E-state index in [0.717, 1.165) is 48.3 Å². The van der Waals surface area contributed by atoms with Crippen molar-refractivity contribution < 1.29 is 13.5 Å². The largest absolute Gasteiger partial charge is 0.378 e. The Labute approximate surface area is 221 Å². The molecule has 1 saturated heterocycles. The fourth-order valence-electron chi connectivity index (χ4n) is 4.91. The number of halogens is 2. The van der Waals surface area contributed by atoms with Gasteiger partial charge in [-0.05, 0) is 44.5 Å². The van der Waals surface area contributed by atoms with E-state index < -0.39 is 11.6 Å². The molecule has 0 spiro atoms. The van der Waals surface area contributed by atoms with Crippen LogP contribution in [0.5, 0.6) is 0 Å². The van der Waals surface area contributed by atoms with Crippen LogP contribution in [-0.2, 0) is 4.74 Å². The smallest absolute Gasteiger partial charge is 0.152 e. The van der Waals surface area contributed by atoms with E-state index in [2.05, 4.69) is 45.0 Å². The summed E-state index contributed by atoms with van der Waals surface area (Å²) in [6.45, 7) is 10.5. The zero-order valence-electron chi connectivity index (χ0n) is 22.0. The number of ether oxygens (including phenoxy) is 1. The lowest BCUT2D eigenvalue weighted by Crippen LogP contribution is -2.37. The van der Waals surface area contributed by atoms with E-state index in [0.29, 0.717) is 48.8 Å². The summed E-state index contributed by atoms with van der Waals surface area (Å²) in [5, 5.41) is 3.89. The Bertz CT molecular complexity index is 1430. The number of rotatable bonds is 8. The molecule has 0 atom stereocenters. The summed E-state index contributed by atoms with van der Waals surface area (Å²) in [4.78, 5) is 18.3. The highest BCUT2D eigenvalue weighted by Gasteiger charge is 2.22. The molecule has 1 N–H and O–H groups in total. The number of nitrogens with one attached hydrogen (secondary N) is 1. The molecule has 0 aliphatic carbocycles. The molecular formula is C29H32F2N6O. The Morgan fingerprint density at radius 3 is 2.61 bits per heavy atom. The molecule has 3 aromatic heterocycles. The Balaban J connectivity index is 1.71. The van der Waals surface area contributed by atoms with E-state index in [1.165, 1.54) is 6.07 Å². The summed E-state index contributed by atoms with van der Waals surface area (Å²) in [5.41, 5.74) is 4.27. The summed E-state index contributed by atoms with van der Waals surface area (Å²) in [5.74, 6) is -0.615. The van der Waals surface area contributed by atoms with Crippen molar-refractivity contribution in [2.24, 2.45) is 0 Å². The van der Waals surface area contributed by atoms with Crippen molar-refractivity contribution in [1.82, 2.24) is 15.0 Å². The molecule has 1 aliphatic heterocycles. The van der Waals surface area contributed by atoms with E-state index in [4.69, 9.17) is 9.72 Å². The topological polar surface area (TPSA) is 66.4 Å². The summed E-state index contributed by atoms with van der Waals surface area (Å²) in [6, 6.07) is 9.76. The molecule has 1 aromatic carbocycles. The summed E-state index contributed by atoms with van der Waals surface area (Å²) >= 11 is 0. The maximum absolute atomic E-state index is 15.1. The van der Waals surface area contributed by atoms with Crippen LogP contribution >= 0.6 is 0 Å². The first kappa shape index (κ1) is 25.8. The third-order valence-corrected chi connectivity index (χ3v) is 6.82. The van der Waals surface area contributed by atoms with E-state index in [1.807, 2.05) is 31.3 Å². The number of morpholine rings is 1. The van der Waals surface area contributed by atoms with Gasteiger partial charge in [0.2, 0.25) is 0 Å². The van der Waals surface area contributed by atoms with Crippen molar-refractivity contribution in [1.29, 1.82) is 0 Å². The molecule has 5 rings (SSSR count). The monoisotopic (exact) mass is 518 g/mol. The van der Waals surface area contributed by atoms with Crippen molar-refractivity contribution in [2.45, 2.75) is 27.2 Å². The molecule has 1 fully saturated rings. The third-order valence-electron chi connectivity index (χ3n) is 6.82. The summed E-state index contributed by atoms with van der Waals surface area (Å²) in [6.07, 6.45) is 4.57. The number of hydrogen-bond acceptors (Lipinski definition) is 7. The van der Waals surface area contributed by atoms with E-state index in [1.54, 1.807) is 6.20 Å². The van der Waals surface area contributed by atoms with Crippen LogP contribution in [0, 0.1) is 18.6 Å². The molecule has 198 valence electrons. The van der Waals surface area contributed by atoms with Gasteiger partial charge in [0.25, 0.3) is 0 Å². The van der Waals surface area contributed by atoms with Gasteiger partial charge in [-0.15, -0.1) is 0 Å². The fourth-order valence-corrected chi connectivity index (χ4v) is 4.91. The minimum Gasteiger partial charge on any atom is -0.378 e. The second-order valence-electron chi connectivity index (χ2n) is 9.33. The van der Waals surface area contributed by atoms with Crippen molar-refractivity contribution in [3.05, 3.63) is 66.0 Å². The van der Waals surface area contributed by atoms with Gasteiger partial charge in [-0.25, -0.2) is 18.7 Å². The molecule has 0 saturated carbocycles. The molecule has 1 aliphatic rings. The minimum absolute atomic E-state index is 0.0818. The maximum Gasteiger partial charge on any atom is 0.152 e. The number of benzene rings is 1. The molecule has 4 heterocycles. The Morgan fingerprint density at radius 2 is 1.89 bits per heavy atom. The second kappa shape index (κ2) is 11.3. The van der Waals surface area contributed by atoms with Gasteiger partial charge >= 0.3 is 0 Å². The Morgan fingerprint density at radius 1 is 1.08 bits per heavy atom. The normalized spacial score (nSPS) is 13.7. The molecule has 7 nitrogen and oxygen atoms in total. The van der Waals surface area contributed by atoms with Crippen LogP contribution in [0.3, 0.4) is 0 Å². The van der Waals surface area contributed by atoms with Gasteiger partial charge in [0.15, 0.2) is 11.6 Å². The van der Waals surface area contributed by atoms with Gasteiger partial charge in [0, 0.05) is 49.4 Å². The molecule has 0 bridgehead atoms. The minimum atomic E-state index is -0.722.